The van der Waals surface area contributed by atoms with E-state index in [-0.39, 0.29) is 17.9 Å². The molecule has 0 saturated carbocycles. The van der Waals surface area contributed by atoms with Crippen molar-refractivity contribution in [2.45, 2.75) is 39.3 Å². The number of nitrogens with two attached hydrogens (primary N) is 1. The predicted molar refractivity (Wildman–Crippen MR) is 70.4 cm³/mol. The Bertz CT molecular complexity index is 350. The van der Waals surface area contributed by atoms with Gasteiger partial charge >= 0.3 is 0 Å². The van der Waals surface area contributed by atoms with Gasteiger partial charge in [0.05, 0.1) is 12.1 Å². The Morgan fingerprint density at radius 1 is 1.29 bits per heavy atom. The summed E-state index contributed by atoms with van der Waals surface area (Å²) in [6.07, 6.45) is 0.911. The van der Waals surface area contributed by atoms with Crippen LogP contribution in [0.25, 0.3) is 0 Å². The van der Waals surface area contributed by atoms with Crippen molar-refractivity contribution < 1.29 is 4.79 Å². The third-order valence-corrected chi connectivity index (χ3v) is 3.22. The van der Waals surface area contributed by atoms with Crippen molar-refractivity contribution in [1.29, 1.82) is 0 Å². The zero-order valence-corrected chi connectivity index (χ0v) is 10.8. The molecule has 1 aromatic carbocycles. The van der Waals surface area contributed by atoms with Crippen molar-refractivity contribution in [3.05, 3.63) is 35.9 Å². The third-order valence-electron chi connectivity index (χ3n) is 3.22. The summed E-state index contributed by atoms with van der Waals surface area (Å²) in [4.78, 5) is 11.9. The zero-order chi connectivity index (χ0) is 12.8. The van der Waals surface area contributed by atoms with Gasteiger partial charge in [0.2, 0.25) is 5.91 Å². The van der Waals surface area contributed by atoms with Gasteiger partial charge in [-0.2, -0.15) is 0 Å². The maximum Gasteiger partial charge on any atom is 0.237 e. The van der Waals surface area contributed by atoms with E-state index in [0.29, 0.717) is 0 Å². The van der Waals surface area contributed by atoms with Gasteiger partial charge in [-0.3, -0.25) is 4.79 Å². The monoisotopic (exact) mass is 234 g/mol. The first-order valence-corrected chi connectivity index (χ1v) is 6.17. The lowest BCUT2D eigenvalue weighted by atomic mass is 9.98. The normalized spacial score (nSPS) is 16.0. The van der Waals surface area contributed by atoms with Crippen LogP contribution in [-0.2, 0) is 4.79 Å². The van der Waals surface area contributed by atoms with E-state index < -0.39 is 6.04 Å². The second-order valence-corrected chi connectivity index (χ2v) is 4.55. The molecule has 1 rings (SSSR count). The number of carbonyl (C=O) groups is 1. The zero-order valence-electron chi connectivity index (χ0n) is 10.8. The highest BCUT2D eigenvalue weighted by molar-refractivity contribution is 5.82. The van der Waals surface area contributed by atoms with Gasteiger partial charge in [0.15, 0.2) is 0 Å². The molecule has 1 amide bonds. The molecule has 0 saturated heterocycles. The van der Waals surface area contributed by atoms with Crippen LogP contribution in [0.2, 0.25) is 0 Å². The van der Waals surface area contributed by atoms with Crippen LogP contribution in [0.1, 0.15) is 38.8 Å². The van der Waals surface area contributed by atoms with E-state index in [2.05, 4.69) is 5.32 Å². The van der Waals surface area contributed by atoms with Gasteiger partial charge in [-0.05, 0) is 18.4 Å². The molecule has 0 bridgehead atoms. The number of rotatable bonds is 5. The summed E-state index contributed by atoms with van der Waals surface area (Å²) < 4.78 is 0. The highest BCUT2D eigenvalue weighted by Crippen LogP contribution is 2.12. The first-order chi connectivity index (χ1) is 8.06. The van der Waals surface area contributed by atoms with Crippen LogP contribution in [0.3, 0.4) is 0 Å². The number of amides is 1. The fraction of sp³-hybridized carbons (Fsp3) is 0.500. The van der Waals surface area contributed by atoms with Crippen LogP contribution in [-0.4, -0.2) is 11.9 Å². The Hall–Kier alpha value is -1.35. The highest BCUT2D eigenvalue weighted by atomic mass is 16.2. The van der Waals surface area contributed by atoms with Crippen molar-refractivity contribution in [1.82, 2.24) is 5.32 Å². The number of hydrogen-bond donors (Lipinski definition) is 2. The summed E-state index contributed by atoms with van der Waals surface area (Å²) in [5, 5.41) is 2.95. The summed E-state index contributed by atoms with van der Waals surface area (Å²) >= 11 is 0. The van der Waals surface area contributed by atoms with Crippen LogP contribution < -0.4 is 11.1 Å². The Morgan fingerprint density at radius 2 is 1.88 bits per heavy atom. The molecule has 3 nitrogen and oxygen atoms in total. The number of hydrogen-bond acceptors (Lipinski definition) is 2. The molecule has 0 aliphatic rings. The van der Waals surface area contributed by atoms with Crippen LogP contribution in [0.5, 0.6) is 0 Å². The second kappa shape index (κ2) is 6.40. The molecule has 1 aromatic rings. The van der Waals surface area contributed by atoms with E-state index >= 15 is 0 Å². The van der Waals surface area contributed by atoms with Gasteiger partial charge in [-0.25, -0.2) is 0 Å². The molecular formula is C14H22N2O. The maximum atomic E-state index is 11.9. The molecule has 3 heteroatoms. The standard InChI is InChI=1S/C14H22N2O/c1-4-10(2)13(15)14(17)16-11(3)12-8-6-5-7-9-12/h5-11,13H,4,15H2,1-3H3,(H,16,17)/t10?,11-,13+/m1/s1. The summed E-state index contributed by atoms with van der Waals surface area (Å²) in [5.74, 6) is 0.133. The molecular weight excluding hydrogens is 212 g/mol. The van der Waals surface area contributed by atoms with Crippen molar-refractivity contribution in [3.8, 4) is 0 Å². The minimum absolute atomic E-state index is 0.00111. The molecule has 94 valence electrons. The van der Waals surface area contributed by atoms with E-state index in [9.17, 15) is 4.79 Å². The SMILES string of the molecule is CCC(C)[C@H](N)C(=O)N[C@H](C)c1ccccc1. The van der Waals surface area contributed by atoms with E-state index in [1.165, 1.54) is 0 Å². The second-order valence-electron chi connectivity index (χ2n) is 4.55. The number of carbonyl (C=O) groups excluding carboxylic acids is 1. The number of benzene rings is 1. The molecule has 0 aromatic heterocycles. The molecule has 0 heterocycles. The van der Waals surface area contributed by atoms with E-state index in [1.54, 1.807) is 0 Å². The lowest BCUT2D eigenvalue weighted by molar-refractivity contribution is -0.124. The van der Waals surface area contributed by atoms with Crippen molar-refractivity contribution in [2.24, 2.45) is 11.7 Å². The van der Waals surface area contributed by atoms with Gasteiger partial charge in [0, 0.05) is 0 Å². The largest absolute Gasteiger partial charge is 0.348 e. The molecule has 17 heavy (non-hydrogen) atoms. The average Bonchev–Trinajstić information content (AvgIpc) is 2.37. The fourth-order valence-electron chi connectivity index (χ4n) is 1.65. The maximum absolute atomic E-state index is 11.9. The van der Waals surface area contributed by atoms with Crippen molar-refractivity contribution >= 4 is 5.91 Å². The lowest BCUT2D eigenvalue weighted by Crippen LogP contribution is -2.45. The molecule has 1 unspecified atom stereocenters. The molecule has 0 fully saturated rings. The Morgan fingerprint density at radius 3 is 2.41 bits per heavy atom. The van der Waals surface area contributed by atoms with Crippen LogP contribution in [0.15, 0.2) is 30.3 Å². The third kappa shape index (κ3) is 3.86. The topological polar surface area (TPSA) is 55.1 Å². The van der Waals surface area contributed by atoms with Crippen LogP contribution in [0.4, 0.5) is 0 Å². The lowest BCUT2D eigenvalue weighted by Gasteiger charge is -2.21. The fourth-order valence-corrected chi connectivity index (χ4v) is 1.65. The van der Waals surface area contributed by atoms with Gasteiger partial charge in [0.1, 0.15) is 0 Å². The van der Waals surface area contributed by atoms with E-state index in [1.807, 2.05) is 51.1 Å². The van der Waals surface area contributed by atoms with Gasteiger partial charge in [-0.1, -0.05) is 50.6 Å². The van der Waals surface area contributed by atoms with Gasteiger partial charge < -0.3 is 11.1 Å². The Labute approximate surface area is 103 Å². The molecule has 3 N–H and O–H groups in total. The number of nitrogens with one attached hydrogen (secondary N) is 1. The predicted octanol–water partition coefficient (Wildman–Crippen LogP) is 2.24. The van der Waals surface area contributed by atoms with E-state index in [0.717, 1.165) is 12.0 Å². The van der Waals surface area contributed by atoms with E-state index in [4.69, 9.17) is 5.73 Å². The minimum atomic E-state index is -0.425. The van der Waals surface area contributed by atoms with Crippen LogP contribution >= 0.6 is 0 Å². The van der Waals surface area contributed by atoms with Crippen molar-refractivity contribution in [2.75, 3.05) is 0 Å². The van der Waals surface area contributed by atoms with Gasteiger partial charge in [-0.15, -0.1) is 0 Å². The molecule has 0 spiro atoms. The first-order valence-electron chi connectivity index (χ1n) is 6.17. The molecule has 3 atom stereocenters. The molecule has 0 aliphatic heterocycles. The van der Waals surface area contributed by atoms with Crippen molar-refractivity contribution in [3.63, 3.8) is 0 Å². The minimum Gasteiger partial charge on any atom is -0.348 e. The summed E-state index contributed by atoms with van der Waals surface area (Å²) in [6.45, 7) is 6.01. The Kier molecular flexibility index (Phi) is 5.16. The summed E-state index contributed by atoms with van der Waals surface area (Å²) in [6, 6.07) is 9.46. The molecule has 0 radical (unpaired) electrons. The smallest absolute Gasteiger partial charge is 0.237 e. The summed E-state index contributed by atoms with van der Waals surface area (Å²) in [5.41, 5.74) is 6.98. The Balaban J connectivity index is 2.57. The quantitative estimate of drug-likeness (QED) is 0.821. The summed E-state index contributed by atoms with van der Waals surface area (Å²) in [7, 11) is 0. The first kappa shape index (κ1) is 13.7. The van der Waals surface area contributed by atoms with Gasteiger partial charge in [0.25, 0.3) is 0 Å². The highest BCUT2D eigenvalue weighted by Gasteiger charge is 2.20. The molecule has 0 aliphatic carbocycles. The average molecular weight is 234 g/mol. The van der Waals surface area contributed by atoms with Crippen LogP contribution in [0, 0.1) is 5.92 Å².